The van der Waals surface area contributed by atoms with Gasteiger partial charge in [0, 0.05) is 0 Å². The van der Waals surface area contributed by atoms with Crippen LogP contribution < -0.4 is 10.0 Å². The number of halogens is 1. The second-order valence-electron chi connectivity index (χ2n) is 5.41. The highest BCUT2D eigenvalue weighted by molar-refractivity contribution is 7.89. The molecule has 7 heteroatoms. The van der Waals surface area contributed by atoms with Gasteiger partial charge in [-0.1, -0.05) is 42.5 Å². The molecule has 2 atom stereocenters. The molecule has 0 aliphatic rings. The van der Waals surface area contributed by atoms with Crippen molar-refractivity contribution < 1.29 is 17.6 Å². The Labute approximate surface area is 141 Å². The normalized spacial score (nSPS) is 14.0. The maximum absolute atomic E-state index is 13.6. The number of carbonyl (C=O) groups excluding carboxylic acids is 1. The molecular weight excluding hydrogens is 331 g/mol. The fourth-order valence-corrected chi connectivity index (χ4v) is 3.46. The van der Waals surface area contributed by atoms with Gasteiger partial charge in [-0.2, -0.15) is 4.72 Å². The first kappa shape index (κ1) is 18.1. The molecule has 0 aliphatic carbocycles. The minimum absolute atomic E-state index is 0.279. The summed E-state index contributed by atoms with van der Waals surface area (Å²) in [4.78, 5) is 11.7. The molecule has 0 aliphatic heterocycles. The molecule has 128 valence electrons. The van der Waals surface area contributed by atoms with Crippen LogP contribution in [-0.2, 0) is 14.8 Å². The van der Waals surface area contributed by atoms with E-state index in [1.807, 2.05) is 30.3 Å². The van der Waals surface area contributed by atoms with Gasteiger partial charge in [0.25, 0.3) is 0 Å². The van der Waals surface area contributed by atoms with Gasteiger partial charge in [0.2, 0.25) is 15.9 Å². The molecule has 2 aromatic carbocycles. The summed E-state index contributed by atoms with van der Waals surface area (Å²) in [5.41, 5.74) is 0.898. The summed E-state index contributed by atoms with van der Waals surface area (Å²) in [7, 11) is -4.12. The van der Waals surface area contributed by atoms with Gasteiger partial charge in [0.1, 0.15) is 10.7 Å². The predicted octanol–water partition coefficient (Wildman–Crippen LogP) is 2.37. The molecule has 0 saturated heterocycles. The summed E-state index contributed by atoms with van der Waals surface area (Å²) in [6, 6.07) is 13.0. The van der Waals surface area contributed by atoms with Gasteiger partial charge in [-0.25, -0.2) is 12.8 Å². The number of benzene rings is 2. The molecule has 0 unspecified atom stereocenters. The zero-order valence-electron chi connectivity index (χ0n) is 13.4. The van der Waals surface area contributed by atoms with Gasteiger partial charge in [0.05, 0.1) is 12.1 Å². The molecule has 2 N–H and O–H groups in total. The summed E-state index contributed by atoms with van der Waals surface area (Å²) in [6.45, 7) is 3.21. The van der Waals surface area contributed by atoms with E-state index in [0.29, 0.717) is 0 Å². The van der Waals surface area contributed by atoms with Gasteiger partial charge in [-0.15, -0.1) is 0 Å². The highest BCUT2D eigenvalue weighted by atomic mass is 32.2. The van der Waals surface area contributed by atoms with Gasteiger partial charge >= 0.3 is 0 Å². The third kappa shape index (κ3) is 4.39. The van der Waals surface area contributed by atoms with E-state index in [2.05, 4.69) is 10.0 Å². The zero-order valence-corrected chi connectivity index (χ0v) is 14.2. The van der Waals surface area contributed by atoms with E-state index in [4.69, 9.17) is 0 Å². The third-order valence-electron chi connectivity index (χ3n) is 3.51. The Morgan fingerprint density at radius 2 is 1.58 bits per heavy atom. The average Bonchev–Trinajstić information content (AvgIpc) is 2.55. The number of sulfonamides is 1. The fourth-order valence-electron chi connectivity index (χ4n) is 2.18. The summed E-state index contributed by atoms with van der Waals surface area (Å²) in [5.74, 6) is -1.36. The SMILES string of the molecule is C[C@@H](NS(=O)(=O)c1ccccc1F)C(=O)N[C@H](C)c1ccccc1. The highest BCUT2D eigenvalue weighted by Crippen LogP contribution is 2.14. The van der Waals surface area contributed by atoms with Gasteiger partial charge < -0.3 is 5.32 Å². The number of nitrogens with one attached hydrogen (secondary N) is 2. The van der Waals surface area contributed by atoms with Crippen LogP contribution in [0.2, 0.25) is 0 Å². The van der Waals surface area contributed by atoms with E-state index in [1.54, 1.807) is 6.92 Å². The zero-order chi connectivity index (χ0) is 17.7. The summed E-state index contributed by atoms with van der Waals surface area (Å²) in [6.07, 6.45) is 0. The van der Waals surface area contributed by atoms with Crippen LogP contribution in [0.25, 0.3) is 0 Å². The van der Waals surface area contributed by atoms with Crippen LogP contribution in [0.4, 0.5) is 4.39 Å². The Bertz CT molecular complexity index is 810. The van der Waals surface area contributed by atoms with Crippen molar-refractivity contribution in [1.29, 1.82) is 0 Å². The Morgan fingerprint density at radius 1 is 1.00 bits per heavy atom. The van der Waals surface area contributed by atoms with Crippen molar-refractivity contribution in [3.05, 3.63) is 66.0 Å². The molecule has 0 radical (unpaired) electrons. The lowest BCUT2D eigenvalue weighted by atomic mass is 10.1. The second-order valence-corrected chi connectivity index (χ2v) is 7.10. The van der Waals surface area contributed by atoms with Gasteiger partial charge in [0.15, 0.2) is 0 Å². The second kappa shape index (κ2) is 7.55. The Balaban J connectivity index is 2.05. The topological polar surface area (TPSA) is 75.3 Å². The largest absolute Gasteiger partial charge is 0.348 e. The summed E-state index contributed by atoms with van der Waals surface area (Å²) >= 11 is 0. The van der Waals surface area contributed by atoms with Crippen LogP contribution in [0.15, 0.2) is 59.5 Å². The van der Waals surface area contributed by atoms with E-state index >= 15 is 0 Å². The third-order valence-corrected chi connectivity index (χ3v) is 5.08. The molecule has 5 nitrogen and oxygen atoms in total. The van der Waals surface area contributed by atoms with E-state index < -0.39 is 32.7 Å². The first-order valence-electron chi connectivity index (χ1n) is 7.43. The number of carbonyl (C=O) groups is 1. The van der Waals surface area contributed by atoms with E-state index in [-0.39, 0.29) is 6.04 Å². The van der Waals surface area contributed by atoms with E-state index in [1.165, 1.54) is 19.1 Å². The molecule has 0 saturated carbocycles. The van der Waals surface area contributed by atoms with Crippen LogP contribution in [0.3, 0.4) is 0 Å². The van der Waals surface area contributed by atoms with Crippen LogP contribution in [0, 0.1) is 5.82 Å². The van der Waals surface area contributed by atoms with Crippen molar-refractivity contribution in [3.8, 4) is 0 Å². The molecular formula is C17H19FN2O3S. The van der Waals surface area contributed by atoms with Gasteiger partial charge in [-0.3, -0.25) is 4.79 Å². The molecule has 0 bridgehead atoms. The lowest BCUT2D eigenvalue weighted by molar-refractivity contribution is -0.123. The number of rotatable bonds is 6. The Kier molecular flexibility index (Phi) is 5.69. The Hall–Kier alpha value is -2.25. The monoisotopic (exact) mass is 350 g/mol. The summed E-state index contributed by atoms with van der Waals surface area (Å²) in [5, 5.41) is 2.72. The minimum Gasteiger partial charge on any atom is -0.348 e. The van der Waals surface area contributed by atoms with Gasteiger partial charge in [-0.05, 0) is 31.5 Å². The van der Waals surface area contributed by atoms with Crippen molar-refractivity contribution in [2.75, 3.05) is 0 Å². The lowest BCUT2D eigenvalue weighted by Crippen LogP contribution is -2.45. The van der Waals surface area contributed by atoms with Crippen molar-refractivity contribution >= 4 is 15.9 Å². The Morgan fingerprint density at radius 3 is 2.21 bits per heavy atom. The smallest absolute Gasteiger partial charge is 0.244 e. The molecule has 24 heavy (non-hydrogen) atoms. The lowest BCUT2D eigenvalue weighted by Gasteiger charge is -2.19. The average molecular weight is 350 g/mol. The molecule has 0 spiro atoms. The first-order chi connectivity index (χ1) is 11.3. The van der Waals surface area contributed by atoms with E-state index in [0.717, 1.165) is 17.7 Å². The fraction of sp³-hybridized carbons (Fsp3) is 0.235. The molecule has 0 aromatic heterocycles. The van der Waals surface area contributed by atoms with Crippen LogP contribution >= 0.6 is 0 Å². The molecule has 2 aromatic rings. The highest BCUT2D eigenvalue weighted by Gasteiger charge is 2.25. The van der Waals surface area contributed by atoms with Crippen molar-refractivity contribution in [1.82, 2.24) is 10.0 Å². The predicted molar refractivity (Wildman–Crippen MR) is 89.2 cm³/mol. The number of hydrogen-bond acceptors (Lipinski definition) is 3. The molecule has 2 rings (SSSR count). The van der Waals surface area contributed by atoms with Crippen LogP contribution in [0.5, 0.6) is 0 Å². The van der Waals surface area contributed by atoms with Crippen molar-refractivity contribution in [2.45, 2.75) is 30.8 Å². The van der Waals surface area contributed by atoms with Crippen molar-refractivity contribution in [3.63, 3.8) is 0 Å². The van der Waals surface area contributed by atoms with Crippen LogP contribution in [-0.4, -0.2) is 20.4 Å². The maximum atomic E-state index is 13.6. The first-order valence-corrected chi connectivity index (χ1v) is 8.92. The maximum Gasteiger partial charge on any atom is 0.244 e. The molecule has 1 amide bonds. The number of hydrogen-bond donors (Lipinski definition) is 2. The summed E-state index contributed by atoms with van der Waals surface area (Å²) < 4.78 is 40.2. The quantitative estimate of drug-likeness (QED) is 0.840. The standard InChI is InChI=1S/C17H19FN2O3S/c1-12(14-8-4-3-5-9-14)19-17(21)13(2)20-24(22,23)16-11-7-6-10-15(16)18/h3-13,20H,1-2H3,(H,19,21)/t12-,13-/m1/s1. The minimum atomic E-state index is -4.12. The van der Waals surface area contributed by atoms with Crippen molar-refractivity contribution in [2.24, 2.45) is 0 Å². The van der Waals surface area contributed by atoms with Crippen LogP contribution in [0.1, 0.15) is 25.5 Å². The molecule has 0 fully saturated rings. The number of amides is 1. The van der Waals surface area contributed by atoms with E-state index in [9.17, 15) is 17.6 Å². The molecule has 0 heterocycles.